The van der Waals surface area contributed by atoms with E-state index < -0.39 is 6.10 Å². The number of aliphatic hydroxyl groups excluding tert-OH is 1. The Morgan fingerprint density at radius 1 is 1.21 bits per heavy atom. The van der Waals surface area contributed by atoms with Crippen LogP contribution in [0.5, 0.6) is 0 Å². The van der Waals surface area contributed by atoms with Crippen LogP contribution in [0.3, 0.4) is 0 Å². The quantitative estimate of drug-likeness (QED) is 0.719. The fourth-order valence-corrected chi connectivity index (χ4v) is 2.83. The van der Waals surface area contributed by atoms with Gasteiger partial charge in [0.2, 0.25) is 0 Å². The number of rotatable bonds is 7. The van der Waals surface area contributed by atoms with Crippen LogP contribution in [0.15, 0.2) is 22.7 Å². The number of aliphatic hydroxyl groups is 1. The molecule has 1 atom stereocenters. The molecule has 1 aromatic carbocycles. The summed E-state index contributed by atoms with van der Waals surface area (Å²) in [7, 11) is 0. The third kappa shape index (κ3) is 4.81. The van der Waals surface area contributed by atoms with Gasteiger partial charge in [0.1, 0.15) is 0 Å². The van der Waals surface area contributed by atoms with Gasteiger partial charge in [-0.3, -0.25) is 0 Å². The summed E-state index contributed by atoms with van der Waals surface area (Å²) in [4.78, 5) is 2.42. The van der Waals surface area contributed by atoms with E-state index >= 15 is 0 Å². The Hall–Kier alpha value is -0.540. The number of nitrogens with zero attached hydrogens (tertiary/aromatic N) is 1. The molecule has 0 saturated carbocycles. The van der Waals surface area contributed by atoms with Gasteiger partial charge in [-0.05, 0) is 60.8 Å². The van der Waals surface area contributed by atoms with Gasteiger partial charge in [0, 0.05) is 17.1 Å². The molecule has 0 fully saturated rings. The summed E-state index contributed by atoms with van der Waals surface area (Å²) in [5.41, 5.74) is 2.17. The Balaban J connectivity index is 2.90. The van der Waals surface area contributed by atoms with Crippen LogP contribution in [-0.2, 0) is 0 Å². The first kappa shape index (κ1) is 16.5. The van der Waals surface area contributed by atoms with Gasteiger partial charge in [-0.25, -0.2) is 0 Å². The SMILES string of the molecule is CCCCCN(c1ccc([C@@H](C)O)cc1Br)C(C)C. The van der Waals surface area contributed by atoms with Gasteiger partial charge in [-0.15, -0.1) is 0 Å². The minimum Gasteiger partial charge on any atom is -0.389 e. The second-order valence-corrected chi connectivity index (χ2v) is 6.24. The van der Waals surface area contributed by atoms with Crippen LogP contribution in [0, 0.1) is 0 Å². The van der Waals surface area contributed by atoms with Gasteiger partial charge in [-0.2, -0.15) is 0 Å². The molecule has 0 spiro atoms. The lowest BCUT2D eigenvalue weighted by atomic mass is 10.1. The van der Waals surface area contributed by atoms with Crippen LogP contribution in [0.25, 0.3) is 0 Å². The van der Waals surface area contributed by atoms with Crippen molar-refractivity contribution in [3.63, 3.8) is 0 Å². The topological polar surface area (TPSA) is 23.5 Å². The second-order valence-electron chi connectivity index (χ2n) is 5.38. The summed E-state index contributed by atoms with van der Waals surface area (Å²) in [5.74, 6) is 0. The number of halogens is 1. The van der Waals surface area contributed by atoms with E-state index in [4.69, 9.17) is 0 Å². The molecule has 0 amide bonds. The monoisotopic (exact) mass is 327 g/mol. The van der Waals surface area contributed by atoms with Crippen molar-refractivity contribution in [2.75, 3.05) is 11.4 Å². The van der Waals surface area contributed by atoms with Crippen LogP contribution in [-0.4, -0.2) is 17.7 Å². The maximum atomic E-state index is 9.63. The molecule has 19 heavy (non-hydrogen) atoms. The van der Waals surface area contributed by atoms with Crippen molar-refractivity contribution >= 4 is 21.6 Å². The average molecular weight is 328 g/mol. The highest BCUT2D eigenvalue weighted by Gasteiger charge is 2.14. The van der Waals surface area contributed by atoms with Gasteiger partial charge in [0.05, 0.1) is 11.8 Å². The van der Waals surface area contributed by atoms with Gasteiger partial charge in [0.15, 0.2) is 0 Å². The molecule has 1 N–H and O–H groups in total. The zero-order chi connectivity index (χ0) is 14.4. The smallest absolute Gasteiger partial charge is 0.0762 e. The van der Waals surface area contributed by atoms with Gasteiger partial charge >= 0.3 is 0 Å². The highest BCUT2D eigenvalue weighted by Crippen LogP contribution is 2.31. The largest absolute Gasteiger partial charge is 0.389 e. The number of unbranched alkanes of at least 4 members (excludes halogenated alkanes) is 2. The van der Waals surface area contributed by atoms with E-state index in [1.165, 1.54) is 24.9 Å². The fraction of sp³-hybridized carbons (Fsp3) is 0.625. The molecule has 0 bridgehead atoms. The van der Waals surface area contributed by atoms with Crippen LogP contribution >= 0.6 is 15.9 Å². The van der Waals surface area contributed by atoms with Crippen LogP contribution < -0.4 is 4.90 Å². The summed E-state index contributed by atoms with van der Waals surface area (Å²) >= 11 is 3.64. The van der Waals surface area contributed by atoms with Crippen molar-refractivity contribution in [3.05, 3.63) is 28.2 Å². The molecular formula is C16H26BrNO. The number of anilines is 1. The lowest BCUT2D eigenvalue weighted by Crippen LogP contribution is -2.32. The first-order valence-electron chi connectivity index (χ1n) is 7.21. The zero-order valence-electron chi connectivity index (χ0n) is 12.5. The van der Waals surface area contributed by atoms with E-state index in [2.05, 4.69) is 47.7 Å². The lowest BCUT2D eigenvalue weighted by molar-refractivity contribution is 0.199. The van der Waals surface area contributed by atoms with Crippen molar-refractivity contribution in [2.45, 2.75) is 59.1 Å². The van der Waals surface area contributed by atoms with Gasteiger partial charge < -0.3 is 10.0 Å². The van der Waals surface area contributed by atoms with Crippen molar-refractivity contribution in [2.24, 2.45) is 0 Å². The van der Waals surface area contributed by atoms with E-state index in [-0.39, 0.29) is 0 Å². The summed E-state index contributed by atoms with van der Waals surface area (Å²) in [6.07, 6.45) is 3.32. The molecule has 0 unspecified atom stereocenters. The Bertz CT molecular complexity index is 390. The molecule has 1 rings (SSSR count). The van der Waals surface area contributed by atoms with Crippen LogP contribution in [0.2, 0.25) is 0 Å². The average Bonchev–Trinajstić information content (AvgIpc) is 2.35. The third-order valence-corrected chi connectivity index (χ3v) is 4.02. The molecule has 0 radical (unpaired) electrons. The molecule has 2 nitrogen and oxygen atoms in total. The number of hydrogen-bond donors (Lipinski definition) is 1. The van der Waals surface area contributed by atoms with Crippen molar-refractivity contribution in [3.8, 4) is 0 Å². The van der Waals surface area contributed by atoms with Crippen molar-refractivity contribution in [1.29, 1.82) is 0 Å². The maximum absolute atomic E-state index is 9.63. The molecular weight excluding hydrogens is 302 g/mol. The molecule has 0 aliphatic rings. The molecule has 0 aromatic heterocycles. The predicted molar refractivity (Wildman–Crippen MR) is 86.8 cm³/mol. The summed E-state index contributed by atoms with van der Waals surface area (Å²) in [5, 5.41) is 9.63. The Morgan fingerprint density at radius 3 is 2.37 bits per heavy atom. The molecule has 108 valence electrons. The summed E-state index contributed by atoms with van der Waals surface area (Å²) in [6.45, 7) is 9.55. The standard InChI is InChI=1S/C16H26BrNO/c1-5-6-7-10-18(12(2)3)16-9-8-14(13(4)19)11-15(16)17/h8-9,11-13,19H,5-7,10H2,1-4H3/t13-/m1/s1. The van der Waals surface area contributed by atoms with E-state index in [1.807, 2.05) is 12.1 Å². The highest BCUT2D eigenvalue weighted by atomic mass is 79.9. The normalized spacial score (nSPS) is 12.8. The fourth-order valence-electron chi connectivity index (χ4n) is 2.20. The molecule has 1 aromatic rings. The van der Waals surface area contributed by atoms with Crippen molar-refractivity contribution < 1.29 is 5.11 Å². The molecule has 0 saturated heterocycles. The van der Waals surface area contributed by atoms with Gasteiger partial charge in [-0.1, -0.05) is 25.8 Å². The molecule has 0 aliphatic carbocycles. The first-order valence-corrected chi connectivity index (χ1v) is 8.00. The zero-order valence-corrected chi connectivity index (χ0v) is 14.1. The van der Waals surface area contributed by atoms with E-state index in [9.17, 15) is 5.11 Å². The van der Waals surface area contributed by atoms with E-state index in [0.717, 1.165) is 16.6 Å². The third-order valence-electron chi connectivity index (χ3n) is 3.39. The maximum Gasteiger partial charge on any atom is 0.0762 e. The molecule has 0 aliphatic heterocycles. The Morgan fingerprint density at radius 2 is 1.89 bits per heavy atom. The van der Waals surface area contributed by atoms with Gasteiger partial charge in [0.25, 0.3) is 0 Å². The summed E-state index contributed by atoms with van der Waals surface area (Å²) < 4.78 is 1.07. The number of hydrogen-bond acceptors (Lipinski definition) is 2. The van der Waals surface area contributed by atoms with Crippen LogP contribution in [0.4, 0.5) is 5.69 Å². The minimum absolute atomic E-state index is 0.419. The van der Waals surface area contributed by atoms with Crippen molar-refractivity contribution in [1.82, 2.24) is 0 Å². The first-order chi connectivity index (χ1) is 8.97. The summed E-state index contributed by atoms with van der Waals surface area (Å²) in [6, 6.07) is 6.62. The minimum atomic E-state index is -0.419. The van der Waals surface area contributed by atoms with Crippen LogP contribution in [0.1, 0.15) is 58.6 Å². The highest BCUT2D eigenvalue weighted by molar-refractivity contribution is 9.10. The number of benzene rings is 1. The molecule has 3 heteroatoms. The van der Waals surface area contributed by atoms with E-state index in [1.54, 1.807) is 6.92 Å². The predicted octanol–water partition coefficient (Wildman–Crippen LogP) is 4.91. The lowest BCUT2D eigenvalue weighted by Gasteiger charge is -2.30. The molecule has 0 heterocycles. The van der Waals surface area contributed by atoms with E-state index in [0.29, 0.717) is 6.04 Å². The Kier molecular flexibility index (Phi) is 6.87. The second kappa shape index (κ2) is 7.91. The Labute approximate surface area is 126 Å².